The van der Waals surface area contributed by atoms with Gasteiger partial charge in [0.25, 0.3) is 0 Å². The second kappa shape index (κ2) is 6.83. The lowest BCUT2D eigenvalue weighted by Crippen LogP contribution is -2.55. The summed E-state index contributed by atoms with van der Waals surface area (Å²) in [6.07, 6.45) is 4.73. The van der Waals surface area contributed by atoms with Crippen LogP contribution >= 0.6 is 11.8 Å². The van der Waals surface area contributed by atoms with Crippen molar-refractivity contribution in [3.05, 3.63) is 11.8 Å². The van der Waals surface area contributed by atoms with E-state index in [9.17, 15) is 4.79 Å². The van der Waals surface area contributed by atoms with E-state index in [0.717, 1.165) is 18.5 Å². The van der Waals surface area contributed by atoms with Gasteiger partial charge in [0, 0.05) is 18.3 Å². The van der Waals surface area contributed by atoms with Crippen LogP contribution in [0.1, 0.15) is 31.4 Å². The summed E-state index contributed by atoms with van der Waals surface area (Å²) in [7, 11) is 0. The molecule has 0 bridgehead atoms. The lowest BCUT2D eigenvalue weighted by molar-refractivity contribution is -0.146. The largest absolute Gasteiger partial charge is 0.384 e. The molecule has 3 rings (SSSR count). The van der Waals surface area contributed by atoms with Crippen LogP contribution < -0.4 is 5.73 Å². The van der Waals surface area contributed by atoms with Crippen LogP contribution in [0.25, 0.3) is 0 Å². The number of hydrogen-bond acceptors (Lipinski definition) is 6. The maximum atomic E-state index is 12.6. The molecule has 2 aliphatic rings. The number of nitrogens with zero attached hydrogens (tertiary/aromatic N) is 3. The lowest BCUT2D eigenvalue weighted by Gasteiger charge is -2.43. The van der Waals surface area contributed by atoms with Crippen LogP contribution in [0.3, 0.4) is 0 Å². The van der Waals surface area contributed by atoms with E-state index < -0.39 is 0 Å². The molecule has 0 unspecified atom stereocenters. The summed E-state index contributed by atoms with van der Waals surface area (Å²) >= 11 is 1.36. The molecule has 2 heterocycles. The van der Waals surface area contributed by atoms with Gasteiger partial charge in [-0.05, 0) is 19.8 Å². The van der Waals surface area contributed by atoms with Crippen LogP contribution in [0.5, 0.6) is 0 Å². The summed E-state index contributed by atoms with van der Waals surface area (Å²) in [4.78, 5) is 23.0. The summed E-state index contributed by atoms with van der Waals surface area (Å²) in [6, 6.07) is 1.97. The molecule has 2 atom stereocenters. The molecule has 0 radical (unpaired) electrons. The number of carbonyl (C=O) groups excluding carboxylic acids is 1. The predicted molar refractivity (Wildman–Crippen MR) is 85.6 cm³/mol. The number of thioether (sulfide) groups is 1. The highest BCUT2D eigenvalue weighted by molar-refractivity contribution is 7.99. The van der Waals surface area contributed by atoms with E-state index in [4.69, 9.17) is 10.5 Å². The van der Waals surface area contributed by atoms with Gasteiger partial charge in [0.05, 0.1) is 24.5 Å². The third-order valence-electron chi connectivity index (χ3n) is 4.23. The van der Waals surface area contributed by atoms with Gasteiger partial charge in [-0.1, -0.05) is 24.6 Å². The molecule has 1 saturated carbocycles. The summed E-state index contributed by atoms with van der Waals surface area (Å²) in [5, 5.41) is 0.569. The number of carbonyl (C=O) groups is 1. The Morgan fingerprint density at radius 3 is 3.09 bits per heavy atom. The van der Waals surface area contributed by atoms with E-state index in [1.54, 1.807) is 6.07 Å². The number of fused-ring (bicyclic) bond motifs is 1. The summed E-state index contributed by atoms with van der Waals surface area (Å²) in [5.74, 6) is 0.946. The van der Waals surface area contributed by atoms with E-state index >= 15 is 0 Å². The molecule has 1 amide bonds. The Hall–Kier alpha value is -1.34. The van der Waals surface area contributed by atoms with Crippen molar-refractivity contribution in [2.75, 3.05) is 24.6 Å². The minimum absolute atomic E-state index is 0.147. The smallest absolute Gasteiger partial charge is 0.233 e. The molecule has 6 nitrogen and oxygen atoms in total. The first-order valence-corrected chi connectivity index (χ1v) is 8.77. The Morgan fingerprint density at radius 2 is 2.27 bits per heavy atom. The number of nitrogens with two attached hydrogens (primary N) is 1. The van der Waals surface area contributed by atoms with Crippen molar-refractivity contribution in [3.8, 4) is 0 Å². The van der Waals surface area contributed by atoms with Gasteiger partial charge >= 0.3 is 0 Å². The Bertz CT molecular complexity index is 532. The molecule has 7 heteroatoms. The van der Waals surface area contributed by atoms with Crippen LogP contribution in [0, 0.1) is 6.92 Å². The van der Waals surface area contributed by atoms with Gasteiger partial charge in [-0.2, -0.15) is 0 Å². The van der Waals surface area contributed by atoms with Gasteiger partial charge in [-0.15, -0.1) is 0 Å². The number of ether oxygens (including phenoxy) is 1. The quantitative estimate of drug-likeness (QED) is 0.673. The van der Waals surface area contributed by atoms with E-state index in [-0.39, 0.29) is 18.1 Å². The first kappa shape index (κ1) is 15.6. The molecular weight excluding hydrogens is 300 g/mol. The maximum absolute atomic E-state index is 12.6. The van der Waals surface area contributed by atoms with E-state index in [1.807, 2.05) is 11.8 Å². The third kappa shape index (κ3) is 3.52. The highest BCUT2D eigenvalue weighted by Gasteiger charge is 2.36. The molecule has 22 heavy (non-hydrogen) atoms. The molecule has 1 aliphatic carbocycles. The monoisotopic (exact) mass is 322 g/mol. The zero-order chi connectivity index (χ0) is 15.5. The minimum Gasteiger partial charge on any atom is -0.384 e. The highest BCUT2D eigenvalue weighted by atomic mass is 32.2. The van der Waals surface area contributed by atoms with Crippen molar-refractivity contribution in [1.82, 2.24) is 14.9 Å². The maximum Gasteiger partial charge on any atom is 0.233 e. The van der Waals surface area contributed by atoms with Crippen LogP contribution in [0.4, 0.5) is 5.82 Å². The predicted octanol–water partition coefficient (Wildman–Crippen LogP) is 1.63. The highest BCUT2D eigenvalue weighted by Crippen LogP contribution is 2.29. The fourth-order valence-corrected chi connectivity index (χ4v) is 4.04. The molecule has 0 spiro atoms. The Kier molecular flexibility index (Phi) is 4.83. The number of amides is 1. The summed E-state index contributed by atoms with van der Waals surface area (Å²) in [5.41, 5.74) is 6.54. The van der Waals surface area contributed by atoms with Crippen molar-refractivity contribution in [2.45, 2.75) is 49.9 Å². The Morgan fingerprint density at radius 1 is 1.45 bits per heavy atom. The molecule has 1 aromatic heterocycles. The zero-order valence-electron chi connectivity index (χ0n) is 12.8. The van der Waals surface area contributed by atoms with Crippen LogP contribution in [0.15, 0.2) is 11.2 Å². The average Bonchev–Trinajstić information content (AvgIpc) is 2.51. The molecule has 2 fully saturated rings. The van der Waals surface area contributed by atoms with Crippen LogP contribution in [0.2, 0.25) is 0 Å². The van der Waals surface area contributed by atoms with Crippen molar-refractivity contribution in [2.24, 2.45) is 0 Å². The minimum atomic E-state index is 0.147. The van der Waals surface area contributed by atoms with Crippen LogP contribution in [-0.4, -0.2) is 51.8 Å². The molecule has 2 N–H and O–H groups in total. The molecular formula is C15H22N4O2S. The molecule has 0 aromatic carbocycles. The van der Waals surface area contributed by atoms with Crippen molar-refractivity contribution >= 4 is 23.5 Å². The van der Waals surface area contributed by atoms with Crippen LogP contribution in [-0.2, 0) is 9.53 Å². The molecule has 1 aromatic rings. The lowest BCUT2D eigenvalue weighted by atomic mass is 9.90. The van der Waals surface area contributed by atoms with Gasteiger partial charge < -0.3 is 15.4 Å². The fraction of sp³-hybridized carbons (Fsp3) is 0.667. The van der Waals surface area contributed by atoms with Gasteiger partial charge in [-0.25, -0.2) is 9.97 Å². The van der Waals surface area contributed by atoms with E-state index in [1.165, 1.54) is 24.6 Å². The van der Waals surface area contributed by atoms with Crippen molar-refractivity contribution < 1.29 is 9.53 Å². The SMILES string of the molecule is Cc1cc(N)nc(SCC(=O)N2CCO[C@H]3CCCC[C@@H]32)n1. The number of rotatable bonds is 3. The number of aryl methyl sites for hydroxylation is 1. The second-order valence-electron chi connectivity index (χ2n) is 5.85. The number of aromatic nitrogens is 2. The molecule has 1 aliphatic heterocycles. The second-order valence-corrected chi connectivity index (χ2v) is 6.80. The topological polar surface area (TPSA) is 81.3 Å². The number of nitrogen functional groups attached to an aromatic ring is 1. The third-order valence-corrected chi connectivity index (χ3v) is 5.06. The first-order chi connectivity index (χ1) is 10.6. The van der Waals surface area contributed by atoms with Gasteiger partial charge in [0.2, 0.25) is 5.91 Å². The van der Waals surface area contributed by atoms with Gasteiger partial charge in [0.15, 0.2) is 5.16 Å². The molecule has 120 valence electrons. The van der Waals surface area contributed by atoms with Gasteiger partial charge in [-0.3, -0.25) is 4.79 Å². The van der Waals surface area contributed by atoms with E-state index in [2.05, 4.69) is 9.97 Å². The first-order valence-electron chi connectivity index (χ1n) is 7.78. The Balaban J connectivity index is 1.61. The number of hydrogen-bond donors (Lipinski definition) is 1. The zero-order valence-corrected chi connectivity index (χ0v) is 13.6. The summed E-state index contributed by atoms with van der Waals surface area (Å²) < 4.78 is 5.81. The van der Waals surface area contributed by atoms with E-state index in [0.29, 0.717) is 29.9 Å². The Labute approximate surface area is 134 Å². The van der Waals surface area contributed by atoms with Crippen molar-refractivity contribution in [3.63, 3.8) is 0 Å². The summed E-state index contributed by atoms with van der Waals surface area (Å²) in [6.45, 7) is 3.21. The standard InChI is InChI=1S/C15H22N4O2S/c1-10-8-13(16)18-15(17-10)22-9-14(20)19-6-7-21-12-5-3-2-4-11(12)19/h8,11-12H,2-7,9H2,1H3,(H2,16,17,18)/t11-,12-/m0/s1. The average molecular weight is 322 g/mol. The fourth-order valence-electron chi connectivity index (χ4n) is 3.24. The number of anilines is 1. The normalized spacial score (nSPS) is 24.9. The van der Waals surface area contributed by atoms with Gasteiger partial charge in [0.1, 0.15) is 5.82 Å². The number of morpholine rings is 1. The molecule has 1 saturated heterocycles. The van der Waals surface area contributed by atoms with Crippen molar-refractivity contribution in [1.29, 1.82) is 0 Å².